The zero-order valence-electron chi connectivity index (χ0n) is 14.0. The minimum absolute atomic E-state index is 0.440. The Morgan fingerprint density at radius 1 is 1.00 bits per heavy atom. The van der Waals surface area contributed by atoms with Gasteiger partial charge in [0.2, 0.25) is 5.88 Å². The van der Waals surface area contributed by atoms with E-state index in [-0.39, 0.29) is 0 Å². The largest absolute Gasteiger partial charge is 0.481 e. The summed E-state index contributed by atoms with van der Waals surface area (Å²) in [6, 6.07) is 14.0. The molecule has 6 heteroatoms. The zero-order chi connectivity index (χ0) is 17.4. The molecule has 0 radical (unpaired) electrons. The molecule has 0 saturated carbocycles. The van der Waals surface area contributed by atoms with Crippen molar-refractivity contribution >= 4 is 28.3 Å². The minimum atomic E-state index is 0.440. The van der Waals surface area contributed by atoms with E-state index in [1.54, 1.807) is 13.2 Å². The molecule has 0 unspecified atom stereocenters. The summed E-state index contributed by atoms with van der Waals surface area (Å²) in [5.41, 5.74) is 4.36. The molecule has 0 saturated heterocycles. The van der Waals surface area contributed by atoms with Crippen molar-refractivity contribution in [3.63, 3.8) is 0 Å². The molecular weight excluding hydrogens is 336 g/mol. The van der Waals surface area contributed by atoms with Gasteiger partial charge in [0.1, 0.15) is 16.9 Å². The maximum absolute atomic E-state index is 6.41. The number of halogens is 1. The van der Waals surface area contributed by atoms with Crippen molar-refractivity contribution in [2.75, 3.05) is 7.11 Å². The highest BCUT2D eigenvalue weighted by Gasteiger charge is 2.17. The summed E-state index contributed by atoms with van der Waals surface area (Å²) < 4.78 is 7.28. The lowest BCUT2D eigenvalue weighted by molar-refractivity contribution is 0.399. The smallest absolute Gasteiger partial charge is 0.215 e. The molecule has 5 nitrogen and oxygen atoms in total. The molecule has 0 aliphatic rings. The van der Waals surface area contributed by atoms with Crippen LogP contribution < -0.4 is 4.74 Å². The van der Waals surface area contributed by atoms with Crippen molar-refractivity contribution in [1.29, 1.82) is 0 Å². The predicted molar refractivity (Wildman–Crippen MR) is 98.4 cm³/mol. The molecule has 0 atom stereocenters. The molecular formula is C19H17ClN4O. The average molecular weight is 353 g/mol. The molecule has 0 N–H and O–H groups in total. The van der Waals surface area contributed by atoms with E-state index in [1.807, 2.05) is 35.6 Å². The van der Waals surface area contributed by atoms with Crippen molar-refractivity contribution in [3.8, 4) is 5.88 Å². The summed E-state index contributed by atoms with van der Waals surface area (Å²) in [5, 5.41) is 0.440. The van der Waals surface area contributed by atoms with Gasteiger partial charge in [0.15, 0.2) is 10.8 Å². The summed E-state index contributed by atoms with van der Waals surface area (Å²) in [4.78, 5) is 13.8. The number of nitrogens with zero attached hydrogens (tertiary/aromatic N) is 4. The number of aromatic nitrogens is 4. The Labute approximate surface area is 150 Å². The second-order valence-electron chi connectivity index (χ2n) is 5.88. The standard InChI is InChI=1S/C19H17ClN4O/c1-12-17-18(20)22-14-9-11-16(25-2)23-19(14)24(17)15(21-12)10-8-13-6-4-3-5-7-13/h3-7,9,11H,8,10H2,1-2H3. The van der Waals surface area contributed by atoms with E-state index in [2.05, 4.69) is 22.1 Å². The summed E-state index contributed by atoms with van der Waals surface area (Å²) in [6.07, 6.45) is 1.68. The first-order chi connectivity index (χ1) is 12.2. The molecule has 3 aromatic heterocycles. The Bertz CT molecular complexity index is 1060. The van der Waals surface area contributed by atoms with Gasteiger partial charge in [0, 0.05) is 12.5 Å². The van der Waals surface area contributed by atoms with Crippen molar-refractivity contribution in [2.45, 2.75) is 19.8 Å². The van der Waals surface area contributed by atoms with Crippen molar-refractivity contribution in [1.82, 2.24) is 19.4 Å². The van der Waals surface area contributed by atoms with Gasteiger partial charge in [-0.3, -0.25) is 4.40 Å². The highest BCUT2D eigenvalue weighted by Crippen LogP contribution is 2.27. The first-order valence-electron chi connectivity index (χ1n) is 8.09. The first kappa shape index (κ1) is 15.8. The molecule has 126 valence electrons. The molecule has 4 rings (SSSR count). The molecule has 0 aliphatic heterocycles. The first-order valence-corrected chi connectivity index (χ1v) is 8.47. The van der Waals surface area contributed by atoms with Gasteiger partial charge in [-0.25, -0.2) is 9.97 Å². The average Bonchev–Trinajstić information content (AvgIpc) is 2.98. The van der Waals surface area contributed by atoms with E-state index in [4.69, 9.17) is 21.3 Å². The van der Waals surface area contributed by atoms with E-state index >= 15 is 0 Å². The number of imidazole rings is 1. The molecule has 1 aromatic carbocycles. The van der Waals surface area contributed by atoms with Crippen LogP contribution in [0.3, 0.4) is 0 Å². The van der Waals surface area contributed by atoms with Gasteiger partial charge in [0.05, 0.1) is 12.8 Å². The van der Waals surface area contributed by atoms with Gasteiger partial charge < -0.3 is 4.74 Å². The Morgan fingerprint density at radius 2 is 1.80 bits per heavy atom. The second-order valence-corrected chi connectivity index (χ2v) is 6.24. The Kier molecular flexibility index (Phi) is 4.01. The molecule has 25 heavy (non-hydrogen) atoms. The van der Waals surface area contributed by atoms with Crippen LogP contribution in [0.15, 0.2) is 42.5 Å². The summed E-state index contributed by atoms with van der Waals surface area (Å²) in [5.74, 6) is 1.46. The number of hydrogen-bond donors (Lipinski definition) is 0. The monoisotopic (exact) mass is 352 g/mol. The predicted octanol–water partition coefficient (Wildman–Crippen LogP) is 4.03. The lowest BCUT2D eigenvalue weighted by Crippen LogP contribution is -2.03. The second kappa shape index (κ2) is 6.33. The number of ether oxygens (including phenoxy) is 1. The number of methoxy groups -OCH3 is 1. The van der Waals surface area contributed by atoms with E-state index in [0.717, 1.165) is 35.4 Å². The van der Waals surface area contributed by atoms with Crippen molar-refractivity contribution in [2.24, 2.45) is 0 Å². The van der Waals surface area contributed by atoms with Gasteiger partial charge in [-0.2, -0.15) is 4.98 Å². The zero-order valence-corrected chi connectivity index (χ0v) is 14.8. The number of hydrogen-bond acceptors (Lipinski definition) is 4. The Hall–Kier alpha value is -2.66. The van der Waals surface area contributed by atoms with E-state index in [1.165, 1.54) is 5.56 Å². The van der Waals surface area contributed by atoms with Crippen molar-refractivity contribution in [3.05, 3.63) is 64.7 Å². The lowest BCUT2D eigenvalue weighted by atomic mass is 10.1. The number of fused-ring (bicyclic) bond motifs is 3. The highest BCUT2D eigenvalue weighted by atomic mass is 35.5. The molecule has 0 aliphatic carbocycles. The minimum Gasteiger partial charge on any atom is -0.481 e. The van der Waals surface area contributed by atoms with E-state index in [0.29, 0.717) is 16.7 Å². The summed E-state index contributed by atoms with van der Waals surface area (Å²) in [7, 11) is 1.60. The van der Waals surface area contributed by atoms with E-state index < -0.39 is 0 Å². The van der Waals surface area contributed by atoms with Crippen LogP contribution in [0, 0.1) is 6.92 Å². The fourth-order valence-corrected chi connectivity index (χ4v) is 3.39. The maximum atomic E-state index is 6.41. The number of benzene rings is 1. The Morgan fingerprint density at radius 3 is 2.56 bits per heavy atom. The topological polar surface area (TPSA) is 52.3 Å². The third-order valence-electron chi connectivity index (χ3n) is 4.27. The summed E-state index contributed by atoms with van der Waals surface area (Å²) >= 11 is 6.41. The molecule has 0 fully saturated rings. The normalized spacial score (nSPS) is 11.3. The van der Waals surface area contributed by atoms with E-state index in [9.17, 15) is 0 Å². The third-order valence-corrected chi connectivity index (χ3v) is 4.53. The molecule has 0 spiro atoms. The summed E-state index contributed by atoms with van der Waals surface area (Å²) in [6.45, 7) is 1.95. The molecule has 0 bridgehead atoms. The van der Waals surface area contributed by atoms with Gasteiger partial charge in [-0.05, 0) is 25.0 Å². The van der Waals surface area contributed by atoms with Crippen molar-refractivity contribution < 1.29 is 4.74 Å². The van der Waals surface area contributed by atoms with Gasteiger partial charge in [0.25, 0.3) is 0 Å². The van der Waals surface area contributed by atoms with Crippen LogP contribution in [-0.2, 0) is 12.8 Å². The quantitative estimate of drug-likeness (QED) is 0.556. The van der Waals surface area contributed by atoms with Gasteiger partial charge in [-0.15, -0.1) is 0 Å². The van der Waals surface area contributed by atoms with Crippen LogP contribution in [0.25, 0.3) is 16.7 Å². The van der Waals surface area contributed by atoms with Gasteiger partial charge in [-0.1, -0.05) is 41.9 Å². The highest BCUT2D eigenvalue weighted by molar-refractivity contribution is 6.33. The fourth-order valence-electron chi connectivity index (χ4n) is 3.07. The molecule has 3 heterocycles. The van der Waals surface area contributed by atoms with Crippen LogP contribution in [0.1, 0.15) is 17.1 Å². The maximum Gasteiger partial charge on any atom is 0.215 e. The molecule has 4 aromatic rings. The van der Waals surface area contributed by atoms with Crippen LogP contribution in [-0.4, -0.2) is 26.5 Å². The third kappa shape index (κ3) is 2.81. The molecule has 0 amide bonds. The Balaban J connectivity index is 1.88. The van der Waals surface area contributed by atoms with Crippen LogP contribution >= 0.6 is 11.6 Å². The van der Waals surface area contributed by atoms with Crippen LogP contribution in [0.4, 0.5) is 0 Å². The van der Waals surface area contributed by atoms with Crippen LogP contribution in [0.2, 0.25) is 5.15 Å². The van der Waals surface area contributed by atoms with Crippen LogP contribution in [0.5, 0.6) is 5.88 Å². The number of pyridine rings is 1. The SMILES string of the molecule is COc1ccc2nc(Cl)c3c(C)nc(CCc4ccccc4)n3c2n1. The fraction of sp³-hybridized carbons (Fsp3) is 0.211. The lowest BCUT2D eigenvalue weighted by Gasteiger charge is -2.08. The van der Waals surface area contributed by atoms with Gasteiger partial charge >= 0.3 is 0 Å². The number of aryl methyl sites for hydroxylation is 3. The number of rotatable bonds is 4.